The van der Waals surface area contributed by atoms with Gasteiger partial charge in [-0.05, 0) is 37.8 Å². The van der Waals surface area contributed by atoms with E-state index < -0.39 is 18.4 Å². The van der Waals surface area contributed by atoms with Crippen LogP contribution in [0.2, 0.25) is 0 Å². The molecule has 0 aromatic heterocycles. The largest absolute Gasteiger partial charge is 0.469 e. The highest BCUT2D eigenvalue weighted by atomic mass is 16.7. The summed E-state index contributed by atoms with van der Waals surface area (Å²) in [5.74, 6) is 0.288. The number of aliphatic hydroxyl groups is 1. The third-order valence-corrected chi connectivity index (χ3v) is 4.59. The molecule has 7 heteroatoms. The zero-order valence-corrected chi connectivity index (χ0v) is 19.0. The topological polar surface area (TPSA) is 86.3 Å². The molecule has 0 heterocycles. The Morgan fingerprint density at radius 1 is 0.969 bits per heavy atom. The maximum Gasteiger partial charge on any atom is 0.410 e. The van der Waals surface area contributed by atoms with E-state index in [1.165, 1.54) is 7.11 Å². The minimum atomic E-state index is -0.876. The van der Waals surface area contributed by atoms with Gasteiger partial charge in [0.1, 0.15) is 12.7 Å². The summed E-state index contributed by atoms with van der Waals surface area (Å²) in [6.07, 6.45) is -1.11. The van der Waals surface area contributed by atoms with E-state index in [0.29, 0.717) is 19.4 Å². The van der Waals surface area contributed by atoms with Crippen molar-refractivity contribution in [3.8, 4) is 0 Å². The minimum absolute atomic E-state index is 0.00382. The second-order valence-corrected chi connectivity index (χ2v) is 7.44. The molecule has 174 valence electrons. The second-order valence-electron chi connectivity index (χ2n) is 7.44. The molecule has 0 aliphatic heterocycles. The maximum absolute atomic E-state index is 12.5. The average molecular weight is 444 g/mol. The first-order valence-electron chi connectivity index (χ1n) is 10.6. The van der Waals surface area contributed by atoms with Crippen LogP contribution >= 0.6 is 0 Å². The molecule has 0 aliphatic rings. The Balaban J connectivity index is 2.12. The van der Waals surface area contributed by atoms with Crippen LogP contribution in [0.5, 0.6) is 0 Å². The first kappa shape index (κ1) is 25.2. The number of alkyl carbamates (subject to hydrolysis) is 1. The Bertz CT molecular complexity index is 821. The van der Waals surface area contributed by atoms with Gasteiger partial charge in [-0.1, -0.05) is 60.7 Å². The van der Waals surface area contributed by atoms with E-state index in [4.69, 9.17) is 18.9 Å². The average Bonchev–Trinajstić information content (AvgIpc) is 2.81. The van der Waals surface area contributed by atoms with Crippen molar-refractivity contribution in [1.82, 2.24) is 5.32 Å². The lowest BCUT2D eigenvalue weighted by Crippen LogP contribution is -2.46. The van der Waals surface area contributed by atoms with Crippen LogP contribution < -0.4 is 5.32 Å². The molecular weight excluding hydrogens is 410 g/mol. The van der Waals surface area contributed by atoms with Crippen LogP contribution in [0.1, 0.15) is 37.8 Å². The Hall–Kier alpha value is -3.03. The number of amides is 1. The number of ether oxygens (including phenoxy) is 4. The van der Waals surface area contributed by atoms with Gasteiger partial charge in [0, 0.05) is 12.2 Å². The van der Waals surface area contributed by atoms with Gasteiger partial charge in [0.05, 0.1) is 13.7 Å². The van der Waals surface area contributed by atoms with Crippen molar-refractivity contribution in [1.29, 1.82) is 0 Å². The summed E-state index contributed by atoms with van der Waals surface area (Å²) in [4.78, 5) is 12.5. The molecule has 2 N–H and O–H groups in total. The van der Waals surface area contributed by atoms with Crippen LogP contribution in [0.25, 0.3) is 0 Å². The summed E-state index contributed by atoms with van der Waals surface area (Å²) in [6, 6.07) is 19.1. The van der Waals surface area contributed by atoms with Crippen molar-refractivity contribution < 1.29 is 28.8 Å². The minimum Gasteiger partial charge on any atom is -0.469 e. The van der Waals surface area contributed by atoms with Crippen LogP contribution in [0.3, 0.4) is 0 Å². The zero-order chi connectivity index (χ0) is 23.2. The maximum atomic E-state index is 12.5. The molecule has 0 fully saturated rings. The predicted molar refractivity (Wildman–Crippen MR) is 121 cm³/mol. The summed E-state index contributed by atoms with van der Waals surface area (Å²) in [5, 5.41) is 12.1. The van der Waals surface area contributed by atoms with Crippen LogP contribution in [0.4, 0.5) is 4.79 Å². The molecule has 0 spiro atoms. The SMILES string of the molecule is COC(O[C@H](NC(=O)OCc1ccccc1)[C@H](CCCO)OCc1ccccc1)=C(C)C. The van der Waals surface area contributed by atoms with Gasteiger partial charge in [-0.15, -0.1) is 0 Å². The predicted octanol–water partition coefficient (Wildman–Crippen LogP) is 4.51. The Kier molecular flexibility index (Phi) is 11.1. The molecular formula is C25H33NO6. The number of hydrogen-bond acceptors (Lipinski definition) is 6. The Labute approximate surface area is 190 Å². The number of aliphatic hydroxyl groups excluding tert-OH is 1. The summed E-state index contributed by atoms with van der Waals surface area (Å²) in [6.45, 7) is 4.14. The van der Waals surface area contributed by atoms with Crippen LogP contribution in [0.15, 0.2) is 72.2 Å². The van der Waals surface area contributed by atoms with E-state index in [0.717, 1.165) is 16.7 Å². The molecule has 7 nitrogen and oxygen atoms in total. The quantitative estimate of drug-likeness (QED) is 0.350. The lowest BCUT2D eigenvalue weighted by molar-refractivity contribution is -0.103. The number of benzene rings is 2. The first-order chi connectivity index (χ1) is 15.5. The molecule has 0 bridgehead atoms. The van der Waals surface area contributed by atoms with Crippen LogP contribution in [-0.2, 0) is 32.2 Å². The smallest absolute Gasteiger partial charge is 0.410 e. The van der Waals surface area contributed by atoms with Crippen molar-refractivity contribution in [2.45, 2.75) is 52.2 Å². The highest BCUT2D eigenvalue weighted by molar-refractivity contribution is 5.67. The summed E-state index contributed by atoms with van der Waals surface area (Å²) in [5.41, 5.74) is 2.67. The van der Waals surface area contributed by atoms with Crippen molar-refractivity contribution in [3.63, 3.8) is 0 Å². The van der Waals surface area contributed by atoms with Gasteiger partial charge in [0.15, 0.2) is 0 Å². The van der Waals surface area contributed by atoms with Crippen molar-refractivity contribution >= 4 is 6.09 Å². The molecule has 0 unspecified atom stereocenters. The molecule has 1 amide bonds. The van der Waals surface area contributed by atoms with Gasteiger partial charge in [0.25, 0.3) is 5.95 Å². The monoisotopic (exact) mass is 443 g/mol. The van der Waals surface area contributed by atoms with Crippen molar-refractivity contribution in [2.24, 2.45) is 0 Å². The lowest BCUT2D eigenvalue weighted by Gasteiger charge is -2.29. The first-order valence-corrected chi connectivity index (χ1v) is 10.6. The highest BCUT2D eigenvalue weighted by Crippen LogP contribution is 2.18. The number of nitrogens with one attached hydrogen (secondary N) is 1. The molecule has 2 aromatic carbocycles. The third-order valence-electron chi connectivity index (χ3n) is 4.59. The van der Waals surface area contributed by atoms with E-state index >= 15 is 0 Å². The standard InChI is InChI=1S/C25H33NO6/c1-19(2)24(29-3)32-23(26-25(28)31-18-21-13-8-5-9-14-21)22(15-10-16-27)30-17-20-11-6-4-7-12-20/h4-9,11-14,22-23,27H,10,15-18H2,1-3H3,(H,26,28)/t22-,23-/m0/s1. The normalized spacial score (nSPS) is 12.4. The van der Waals surface area contributed by atoms with Gasteiger partial charge >= 0.3 is 6.09 Å². The molecule has 2 rings (SSSR count). The fourth-order valence-electron chi connectivity index (χ4n) is 2.96. The number of carbonyl (C=O) groups is 1. The molecule has 0 saturated heterocycles. The summed E-state index contributed by atoms with van der Waals surface area (Å²) >= 11 is 0. The van der Waals surface area contributed by atoms with Gasteiger partial charge in [-0.2, -0.15) is 0 Å². The second kappa shape index (κ2) is 14.1. The van der Waals surface area contributed by atoms with E-state index in [2.05, 4.69) is 5.32 Å². The molecule has 2 atom stereocenters. The Morgan fingerprint density at radius 3 is 2.09 bits per heavy atom. The van der Waals surface area contributed by atoms with E-state index in [1.54, 1.807) is 0 Å². The van der Waals surface area contributed by atoms with Crippen LogP contribution in [-0.4, -0.2) is 37.2 Å². The number of rotatable bonds is 13. The zero-order valence-electron chi connectivity index (χ0n) is 19.0. The highest BCUT2D eigenvalue weighted by Gasteiger charge is 2.28. The molecule has 0 aliphatic carbocycles. The van der Waals surface area contributed by atoms with E-state index in [1.807, 2.05) is 74.5 Å². The molecule has 2 aromatic rings. The van der Waals surface area contributed by atoms with E-state index in [9.17, 15) is 9.90 Å². The lowest BCUT2D eigenvalue weighted by atomic mass is 10.1. The molecule has 32 heavy (non-hydrogen) atoms. The number of hydrogen-bond donors (Lipinski definition) is 2. The third kappa shape index (κ3) is 8.99. The molecule has 0 radical (unpaired) electrons. The van der Waals surface area contributed by atoms with Gasteiger partial charge < -0.3 is 24.1 Å². The van der Waals surface area contributed by atoms with Crippen molar-refractivity contribution in [2.75, 3.05) is 13.7 Å². The van der Waals surface area contributed by atoms with Gasteiger partial charge in [0.2, 0.25) is 6.23 Å². The van der Waals surface area contributed by atoms with Gasteiger partial charge in [-0.3, -0.25) is 5.32 Å². The van der Waals surface area contributed by atoms with Crippen LogP contribution in [0, 0.1) is 0 Å². The number of carbonyl (C=O) groups excluding carboxylic acids is 1. The number of allylic oxidation sites excluding steroid dienone is 1. The number of methoxy groups -OCH3 is 1. The van der Waals surface area contributed by atoms with Crippen molar-refractivity contribution in [3.05, 3.63) is 83.3 Å². The van der Waals surface area contributed by atoms with Gasteiger partial charge in [-0.25, -0.2) is 4.79 Å². The summed E-state index contributed by atoms with van der Waals surface area (Å²) in [7, 11) is 1.50. The van der Waals surface area contributed by atoms with E-state index in [-0.39, 0.29) is 19.2 Å². The summed E-state index contributed by atoms with van der Waals surface area (Å²) < 4.78 is 22.8. The fraction of sp³-hybridized carbons (Fsp3) is 0.400. The molecule has 0 saturated carbocycles. The fourth-order valence-corrected chi connectivity index (χ4v) is 2.96. The Morgan fingerprint density at radius 2 is 1.56 bits per heavy atom.